The van der Waals surface area contributed by atoms with Gasteiger partial charge in [-0.3, -0.25) is 0 Å². The summed E-state index contributed by atoms with van der Waals surface area (Å²) in [6.07, 6.45) is 0. The van der Waals surface area contributed by atoms with Crippen LogP contribution in [-0.2, 0) is 6.54 Å². The summed E-state index contributed by atoms with van der Waals surface area (Å²) >= 11 is 0. The van der Waals surface area contributed by atoms with Crippen LogP contribution < -0.4 is 5.73 Å². The molecule has 0 aliphatic rings. The smallest absolute Gasteiger partial charge is 0.168 e. The lowest BCUT2D eigenvalue weighted by Gasteiger charge is -2.02. The lowest BCUT2D eigenvalue weighted by molar-refractivity contribution is 0.633. The number of aromatic nitrogens is 3. The van der Waals surface area contributed by atoms with E-state index in [1.807, 2.05) is 25.1 Å². The van der Waals surface area contributed by atoms with Crippen LogP contribution in [0, 0.1) is 6.92 Å². The summed E-state index contributed by atoms with van der Waals surface area (Å²) in [5, 5.41) is 7.76. The molecule has 1 heterocycles. The zero-order valence-corrected chi connectivity index (χ0v) is 8.01. The standard InChI is InChI=1S/C10H12N4/c1-8-10(11)12-13-14(8)7-9-5-3-2-4-6-9/h2-6H,7,11H2,1H3. The highest BCUT2D eigenvalue weighted by atomic mass is 15.4. The van der Waals surface area contributed by atoms with Gasteiger partial charge in [0.1, 0.15) is 0 Å². The summed E-state index contributed by atoms with van der Waals surface area (Å²) in [6, 6.07) is 10.1. The maximum atomic E-state index is 5.60. The summed E-state index contributed by atoms with van der Waals surface area (Å²) in [5.41, 5.74) is 7.71. The lowest BCUT2D eigenvalue weighted by atomic mass is 10.2. The summed E-state index contributed by atoms with van der Waals surface area (Å²) in [5.74, 6) is 0.501. The molecule has 0 saturated carbocycles. The van der Waals surface area contributed by atoms with Crippen LogP contribution in [0.3, 0.4) is 0 Å². The second-order valence-corrected chi connectivity index (χ2v) is 3.20. The van der Waals surface area contributed by atoms with Crippen molar-refractivity contribution in [1.29, 1.82) is 0 Å². The third kappa shape index (κ3) is 1.59. The number of hydrogen-bond donors (Lipinski definition) is 1. The highest BCUT2D eigenvalue weighted by Crippen LogP contribution is 2.07. The lowest BCUT2D eigenvalue weighted by Crippen LogP contribution is -2.04. The first-order chi connectivity index (χ1) is 6.77. The van der Waals surface area contributed by atoms with Gasteiger partial charge in [-0.1, -0.05) is 35.5 Å². The molecule has 0 aliphatic heterocycles. The van der Waals surface area contributed by atoms with Crippen LogP contribution in [0.2, 0.25) is 0 Å². The molecule has 0 amide bonds. The van der Waals surface area contributed by atoms with E-state index >= 15 is 0 Å². The first kappa shape index (κ1) is 8.74. The monoisotopic (exact) mass is 188 g/mol. The molecule has 0 atom stereocenters. The molecule has 0 fully saturated rings. The second-order valence-electron chi connectivity index (χ2n) is 3.20. The molecule has 4 heteroatoms. The second kappa shape index (κ2) is 3.49. The van der Waals surface area contributed by atoms with Crippen LogP contribution in [-0.4, -0.2) is 15.0 Å². The first-order valence-corrected chi connectivity index (χ1v) is 4.47. The number of anilines is 1. The van der Waals surface area contributed by atoms with Crippen LogP contribution in [0.1, 0.15) is 11.3 Å². The van der Waals surface area contributed by atoms with Crippen molar-refractivity contribution in [3.63, 3.8) is 0 Å². The molecule has 0 radical (unpaired) electrons. The van der Waals surface area contributed by atoms with Crippen molar-refractivity contribution in [3.8, 4) is 0 Å². The molecule has 0 spiro atoms. The van der Waals surface area contributed by atoms with Gasteiger partial charge in [0.05, 0.1) is 12.2 Å². The zero-order valence-electron chi connectivity index (χ0n) is 8.01. The SMILES string of the molecule is Cc1c(N)nnn1Cc1ccccc1. The van der Waals surface area contributed by atoms with Crippen LogP contribution in [0.25, 0.3) is 0 Å². The van der Waals surface area contributed by atoms with Gasteiger partial charge in [-0.2, -0.15) is 0 Å². The molecule has 2 rings (SSSR count). The number of nitrogens with two attached hydrogens (primary N) is 1. The maximum absolute atomic E-state index is 5.60. The van der Waals surface area contributed by atoms with E-state index in [1.54, 1.807) is 4.68 Å². The summed E-state index contributed by atoms with van der Waals surface area (Å²) < 4.78 is 1.80. The highest BCUT2D eigenvalue weighted by molar-refractivity contribution is 5.31. The molecule has 2 N–H and O–H groups in total. The summed E-state index contributed by atoms with van der Waals surface area (Å²) in [6.45, 7) is 2.63. The molecule has 0 bridgehead atoms. The highest BCUT2D eigenvalue weighted by Gasteiger charge is 2.04. The number of nitrogen functional groups attached to an aromatic ring is 1. The average Bonchev–Trinajstić information content (AvgIpc) is 2.52. The third-order valence-corrected chi connectivity index (χ3v) is 2.19. The van der Waals surface area contributed by atoms with Gasteiger partial charge in [-0.15, -0.1) is 5.10 Å². The van der Waals surface area contributed by atoms with E-state index < -0.39 is 0 Å². The van der Waals surface area contributed by atoms with E-state index in [0.29, 0.717) is 5.82 Å². The summed E-state index contributed by atoms with van der Waals surface area (Å²) in [7, 11) is 0. The Morgan fingerprint density at radius 3 is 2.57 bits per heavy atom. The molecular weight excluding hydrogens is 176 g/mol. The van der Waals surface area contributed by atoms with Crippen LogP contribution in [0.15, 0.2) is 30.3 Å². The number of rotatable bonds is 2. The largest absolute Gasteiger partial charge is 0.381 e. The minimum atomic E-state index is 0.501. The molecule has 2 aromatic rings. The topological polar surface area (TPSA) is 56.7 Å². The van der Waals surface area contributed by atoms with Crippen LogP contribution >= 0.6 is 0 Å². The Morgan fingerprint density at radius 2 is 2.00 bits per heavy atom. The Labute approximate surface area is 82.4 Å². The molecule has 0 saturated heterocycles. The van der Waals surface area contributed by atoms with E-state index in [4.69, 9.17) is 5.73 Å². The molecule has 72 valence electrons. The van der Waals surface area contributed by atoms with Gasteiger partial charge < -0.3 is 5.73 Å². The maximum Gasteiger partial charge on any atom is 0.168 e. The van der Waals surface area contributed by atoms with Crippen molar-refractivity contribution in [2.75, 3.05) is 5.73 Å². The Bertz CT molecular complexity index is 419. The van der Waals surface area contributed by atoms with Gasteiger partial charge in [-0.25, -0.2) is 4.68 Å². The first-order valence-electron chi connectivity index (χ1n) is 4.47. The molecule has 0 aliphatic carbocycles. The molecular formula is C10H12N4. The van der Waals surface area contributed by atoms with Gasteiger partial charge in [0, 0.05) is 0 Å². The summed E-state index contributed by atoms with van der Waals surface area (Å²) in [4.78, 5) is 0. The molecule has 14 heavy (non-hydrogen) atoms. The van der Waals surface area contributed by atoms with Crippen molar-refractivity contribution in [2.24, 2.45) is 0 Å². The van der Waals surface area contributed by atoms with E-state index in [2.05, 4.69) is 22.4 Å². The number of benzene rings is 1. The normalized spacial score (nSPS) is 10.4. The van der Waals surface area contributed by atoms with Gasteiger partial charge in [0.15, 0.2) is 5.82 Å². The van der Waals surface area contributed by atoms with Gasteiger partial charge in [0.25, 0.3) is 0 Å². The fourth-order valence-electron chi connectivity index (χ4n) is 1.28. The van der Waals surface area contributed by atoms with E-state index in [0.717, 1.165) is 12.2 Å². The van der Waals surface area contributed by atoms with Crippen molar-refractivity contribution in [2.45, 2.75) is 13.5 Å². The molecule has 1 aromatic heterocycles. The Morgan fingerprint density at radius 1 is 1.29 bits per heavy atom. The minimum Gasteiger partial charge on any atom is -0.381 e. The molecule has 0 unspecified atom stereocenters. The van der Waals surface area contributed by atoms with Gasteiger partial charge >= 0.3 is 0 Å². The van der Waals surface area contributed by atoms with E-state index in [9.17, 15) is 0 Å². The predicted octanol–water partition coefficient (Wildman–Crippen LogP) is 1.22. The number of hydrogen-bond acceptors (Lipinski definition) is 3. The quantitative estimate of drug-likeness (QED) is 0.770. The van der Waals surface area contributed by atoms with Crippen LogP contribution in [0.5, 0.6) is 0 Å². The van der Waals surface area contributed by atoms with E-state index in [1.165, 1.54) is 5.56 Å². The third-order valence-electron chi connectivity index (χ3n) is 2.19. The Hall–Kier alpha value is -1.84. The molecule has 4 nitrogen and oxygen atoms in total. The minimum absolute atomic E-state index is 0.501. The Kier molecular flexibility index (Phi) is 2.18. The Balaban J connectivity index is 2.23. The predicted molar refractivity (Wildman–Crippen MR) is 54.7 cm³/mol. The fraction of sp³-hybridized carbons (Fsp3) is 0.200. The number of nitrogens with zero attached hydrogens (tertiary/aromatic N) is 3. The average molecular weight is 188 g/mol. The van der Waals surface area contributed by atoms with Crippen LogP contribution in [0.4, 0.5) is 5.82 Å². The van der Waals surface area contributed by atoms with Crippen molar-refractivity contribution in [3.05, 3.63) is 41.6 Å². The van der Waals surface area contributed by atoms with Crippen molar-refractivity contribution < 1.29 is 0 Å². The van der Waals surface area contributed by atoms with Crippen molar-refractivity contribution >= 4 is 5.82 Å². The van der Waals surface area contributed by atoms with E-state index in [-0.39, 0.29) is 0 Å². The zero-order chi connectivity index (χ0) is 9.97. The van der Waals surface area contributed by atoms with Gasteiger partial charge in [0.2, 0.25) is 0 Å². The molecule has 1 aromatic carbocycles. The van der Waals surface area contributed by atoms with Gasteiger partial charge in [-0.05, 0) is 12.5 Å². The fourth-order valence-corrected chi connectivity index (χ4v) is 1.28. The van der Waals surface area contributed by atoms with Crippen molar-refractivity contribution in [1.82, 2.24) is 15.0 Å².